The molecule has 1 aromatic carbocycles. The van der Waals surface area contributed by atoms with Gasteiger partial charge in [0.1, 0.15) is 12.1 Å². The number of methoxy groups -OCH3 is 1. The van der Waals surface area contributed by atoms with E-state index in [1.54, 1.807) is 29.0 Å². The molecule has 1 N–H and O–H groups in total. The summed E-state index contributed by atoms with van der Waals surface area (Å²) in [4.78, 5) is 16.1. The van der Waals surface area contributed by atoms with E-state index in [4.69, 9.17) is 9.47 Å². The quantitative estimate of drug-likeness (QED) is 0.574. The van der Waals surface area contributed by atoms with Gasteiger partial charge in [0.05, 0.1) is 18.6 Å². The molecule has 1 heterocycles. The molecule has 0 radical (unpaired) electrons. The zero-order chi connectivity index (χ0) is 18.3. The number of carbonyl (C=O) groups is 1. The molecule has 1 amide bonds. The molecule has 2 rings (SSSR count). The number of alkyl halides is 3. The van der Waals surface area contributed by atoms with Crippen LogP contribution in [0.1, 0.15) is 5.56 Å². The minimum atomic E-state index is -4.59. The van der Waals surface area contributed by atoms with Crippen LogP contribution in [0.4, 0.5) is 13.2 Å². The SMILES string of the molecule is COC/C=C(/C(=O)NSC(F)(F)F)c1ccccc1Oc1ncns1. The van der Waals surface area contributed by atoms with Crippen LogP contribution in [0, 0.1) is 0 Å². The Morgan fingerprint density at radius 1 is 1.40 bits per heavy atom. The highest BCUT2D eigenvalue weighted by Crippen LogP contribution is 2.32. The van der Waals surface area contributed by atoms with E-state index < -0.39 is 23.4 Å². The number of amides is 1. The molecule has 1 aromatic heterocycles. The molecule has 11 heteroatoms. The molecular weight excluding hydrogens is 379 g/mol. The van der Waals surface area contributed by atoms with Gasteiger partial charge in [-0.3, -0.25) is 9.52 Å². The Bertz CT molecular complexity index is 736. The van der Waals surface area contributed by atoms with Crippen molar-refractivity contribution in [3.05, 3.63) is 42.2 Å². The molecule has 0 aliphatic carbocycles. The number of para-hydroxylation sites is 1. The van der Waals surface area contributed by atoms with Gasteiger partial charge in [-0.05, 0) is 12.1 Å². The topological polar surface area (TPSA) is 73.3 Å². The van der Waals surface area contributed by atoms with Crippen molar-refractivity contribution in [2.24, 2.45) is 0 Å². The zero-order valence-corrected chi connectivity index (χ0v) is 14.4. The van der Waals surface area contributed by atoms with Crippen LogP contribution in [-0.2, 0) is 9.53 Å². The number of nitrogens with zero attached hydrogens (tertiary/aromatic N) is 2. The second-order valence-corrected chi connectivity index (χ2v) is 5.97. The first-order chi connectivity index (χ1) is 11.9. The summed E-state index contributed by atoms with van der Waals surface area (Å²) in [5.41, 5.74) is -4.31. The number of carbonyl (C=O) groups excluding carboxylic acids is 1. The number of ether oxygens (including phenoxy) is 2. The molecule has 0 unspecified atom stereocenters. The van der Waals surface area contributed by atoms with Crippen LogP contribution in [0.2, 0.25) is 0 Å². The van der Waals surface area contributed by atoms with E-state index in [0.717, 1.165) is 11.5 Å². The molecule has 2 aromatic rings. The van der Waals surface area contributed by atoms with Crippen molar-refractivity contribution >= 4 is 35.0 Å². The number of rotatable bonds is 7. The van der Waals surface area contributed by atoms with Gasteiger partial charge in [0, 0.05) is 29.8 Å². The smallest absolute Gasteiger partial charge is 0.429 e. The lowest BCUT2D eigenvalue weighted by molar-refractivity contribution is -0.114. The maximum atomic E-state index is 12.3. The molecule has 0 spiro atoms. The number of hydrogen-bond acceptors (Lipinski definition) is 7. The van der Waals surface area contributed by atoms with Gasteiger partial charge in [-0.25, -0.2) is 0 Å². The highest BCUT2D eigenvalue weighted by molar-refractivity contribution is 7.98. The number of nitrogens with one attached hydrogen (secondary N) is 1. The fourth-order valence-corrected chi connectivity index (χ4v) is 2.46. The van der Waals surface area contributed by atoms with Gasteiger partial charge in [-0.15, -0.1) is 0 Å². The third kappa shape index (κ3) is 6.03. The molecular formula is C14H12F3N3O3S2. The largest absolute Gasteiger partial charge is 0.461 e. The van der Waals surface area contributed by atoms with Gasteiger partial charge in [-0.1, -0.05) is 18.2 Å². The predicted molar refractivity (Wildman–Crippen MR) is 88.1 cm³/mol. The summed E-state index contributed by atoms with van der Waals surface area (Å²) in [5.74, 6) is -0.665. The van der Waals surface area contributed by atoms with Crippen LogP contribution in [-0.4, -0.2) is 34.5 Å². The van der Waals surface area contributed by atoms with E-state index in [9.17, 15) is 18.0 Å². The first-order valence-electron chi connectivity index (χ1n) is 6.69. The van der Waals surface area contributed by atoms with Crippen LogP contribution < -0.4 is 9.46 Å². The van der Waals surface area contributed by atoms with Gasteiger partial charge >= 0.3 is 5.51 Å². The molecule has 0 saturated carbocycles. The summed E-state index contributed by atoms with van der Waals surface area (Å²) in [6.07, 6.45) is 2.67. The van der Waals surface area contributed by atoms with Crippen LogP contribution in [0.3, 0.4) is 0 Å². The van der Waals surface area contributed by atoms with Crippen LogP contribution in [0.5, 0.6) is 10.9 Å². The molecule has 25 heavy (non-hydrogen) atoms. The molecule has 0 aliphatic heterocycles. The Morgan fingerprint density at radius 2 is 2.16 bits per heavy atom. The second-order valence-electron chi connectivity index (χ2n) is 4.36. The van der Waals surface area contributed by atoms with E-state index in [1.807, 2.05) is 0 Å². The van der Waals surface area contributed by atoms with Gasteiger partial charge < -0.3 is 9.47 Å². The number of aromatic nitrogens is 2. The number of hydrogen-bond donors (Lipinski definition) is 1. The van der Waals surface area contributed by atoms with E-state index >= 15 is 0 Å². The van der Waals surface area contributed by atoms with Gasteiger partial charge in [0.2, 0.25) is 0 Å². The highest BCUT2D eigenvalue weighted by Gasteiger charge is 2.31. The lowest BCUT2D eigenvalue weighted by atomic mass is 10.0. The van der Waals surface area contributed by atoms with Crippen LogP contribution in [0.15, 0.2) is 36.7 Å². The van der Waals surface area contributed by atoms with E-state index in [1.165, 1.54) is 19.5 Å². The summed E-state index contributed by atoms with van der Waals surface area (Å²) in [7, 11) is 1.40. The summed E-state index contributed by atoms with van der Waals surface area (Å²) in [6, 6.07) is 6.42. The normalized spacial score (nSPS) is 12.1. The summed E-state index contributed by atoms with van der Waals surface area (Å²) < 4.78 is 53.0. The third-order valence-electron chi connectivity index (χ3n) is 2.67. The number of halogens is 3. The minimum absolute atomic E-state index is 0.0151. The average Bonchev–Trinajstić information content (AvgIpc) is 3.07. The maximum absolute atomic E-state index is 12.3. The Hall–Kier alpha value is -2.11. The lowest BCUT2D eigenvalue weighted by Gasteiger charge is -2.13. The van der Waals surface area contributed by atoms with Crippen molar-refractivity contribution in [3.63, 3.8) is 0 Å². The summed E-state index contributed by atoms with van der Waals surface area (Å²) in [5, 5.41) is 0.239. The predicted octanol–water partition coefficient (Wildman–Crippen LogP) is 3.64. The van der Waals surface area contributed by atoms with Crippen LogP contribution >= 0.6 is 23.5 Å². The summed E-state index contributed by atoms with van der Waals surface area (Å²) >= 11 is 0.364. The van der Waals surface area contributed by atoms with Crippen molar-refractivity contribution in [3.8, 4) is 10.9 Å². The highest BCUT2D eigenvalue weighted by atomic mass is 32.2. The second kappa shape index (κ2) is 8.83. The molecule has 0 bridgehead atoms. The van der Waals surface area contributed by atoms with Crippen molar-refractivity contribution in [2.45, 2.75) is 5.51 Å². The molecule has 0 aliphatic rings. The molecule has 0 fully saturated rings. The van der Waals surface area contributed by atoms with Gasteiger partial charge in [0.15, 0.2) is 0 Å². The van der Waals surface area contributed by atoms with Gasteiger partial charge in [0.25, 0.3) is 11.1 Å². The van der Waals surface area contributed by atoms with Crippen molar-refractivity contribution in [2.75, 3.05) is 13.7 Å². The van der Waals surface area contributed by atoms with E-state index in [-0.39, 0.29) is 23.1 Å². The molecule has 0 saturated heterocycles. The summed E-state index contributed by atoms with van der Waals surface area (Å²) in [6.45, 7) is 0.0343. The Kier molecular flexibility index (Phi) is 6.79. The monoisotopic (exact) mass is 391 g/mol. The Labute approximate surface area is 149 Å². The first-order valence-corrected chi connectivity index (χ1v) is 8.28. The van der Waals surface area contributed by atoms with E-state index in [0.29, 0.717) is 5.56 Å². The lowest BCUT2D eigenvalue weighted by Crippen LogP contribution is -2.22. The molecule has 134 valence electrons. The Morgan fingerprint density at radius 3 is 2.80 bits per heavy atom. The number of benzene rings is 1. The molecule has 6 nitrogen and oxygen atoms in total. The van der Waals surface area contributed by atoms with Gasteiger partial charge in [-0.2, -0.15) is 22.5 Å². The first kappa shape index (κ1) is 19.2. The average molecular weight is 391 g/mol. The Balaban J connectivity index is 2.30. The third-order valence-corrected chi connectivity index (χ3v) is 3.74. The van der Waals surface area contributed by atoms with E-state index in [2.05, 4.69) is 9.36 Å². The fourth-order valence-electron chi connectivity index (χ4n) is 1.73. The van der Waals surface area contributed by atoms with Crippen molar-refractivity contribution in [1.82, 2.24) is 14.1 Å². The van der Waals surface area contributed by atoms with Crippen molar-refractivity contribution in [1.29, 1.82) is 0 Å². The van der Waals surface area contributed by atoms with Crippen LogP contribution in [0.25, 0.3) is 5.57 Å². The zero-order valence-electron chi connectivity index (χ0n) is 12.7. The minimum Gasteiger partial charge on any atom is -0.429 e. The standard InChI is InChI=1S/C14H12F3N3O3S2/c1-22-7-6-10(12(21)20-25-14(15,16)17)9-4-2-3-5-11(9)23-13-18-8-19-24-13/h2-6,8H,7H2,1H3,(H,20,21)/b10-6+. The maximum Gasteiger partial charge on any atom is 0.461 e. The van der Waals surface area contributed by atoms with Crippen molar-refractivity contribution < 1.29 is 27.4 Å². The fraction of sp³-hybridized carbons (Fsp3) is 0.214. The molecule has 0 atom stereocenters.